The number of ether oxygens (including phenoxy) is 1. The van der Waals surface area contributed by atoms with Crippen molar-refractivity contribution in [3.8, 4) is 11.1 Å². The van der Waals surface area contributed by atoms with Crippen molar-refractivity contribution in [3.05, 3.63) is 82.4 Å². The second kappa shape index (κ2) is 9.39. The van der Waals surface area contributed by atoms with Crippen LogP contribution >= 0.6 is 0 Å². The number of sulfonamides is 1. The van der Waals surface area contributed by atoms with Crippen molar-refractivity contribution in [1.29, 1.82) is 0 Å². The fourth-order valence-corrected chi connectivity index (χ4v) is 5.59. The largest absolute Gasteiger partial charge is 0.394 e. The maximum absolute atomic E-state index is 12.8. The third kappa shape index (κ3) is 4.43. The molecule has 5 rings (SSSR count). The first kappa shape index (κ1) is 24.6. The second-order valence-electron chi connectivity index (χ2n) is 8.90. The van der Waals surface area contributed by atoms with Gasteiger partial charge in [0, 0.05) is 6.20 Å². The van der Waals surface area contributed by atoms with Crippen molar-refractivity contribution in [1.82, 2.24) is 14.3 Å². The molecule has 1 saturated heterocycles. The average Bonchev–Trinajstić information content (AvgIpc) is 3.14. The van der Waals surface area contributed by atoms with Gasteiger partial charge in [0.2, 0.25) is 10.0 Å². The monoisotopic (exact) mass is 514 g/mol. The van der Waals surface area contributed by atoms with Gasteiger partial charge in [-0.2, -0.15) is 4.98 Å². The number of hydrogen-bond acceptors (Lipinski definition) is 9. The third-order valence-electron chi connectivity index (χ3n) is 6.48. The van der Waals surface area contributed by atoms with Crippen LogP contribution < -0.4 is 15.7 Å². The van der Waals surface area contributed by atoms with Crippen LogP contribution in [0.1, 0.15) is 29.4 Å². The van der Waals surface area contributed by atoms with Crippen molar-refractivity contribution in [2.45, 2.75) is 36.6 Å². The fraction of sp³-hybridized carbons (Fsp3) is 0.333. The molecule has 36 heavy (non-hydrogen) atoms. The van der Waals surface area contributed by atoms with E-state index in [4.69, 9.17) is 4.74 Å². The predicted octanol–water partition coefficient (Wildman–Crippen LogP) is 0.279. The molecule has 6 atom stereocenters. The van der Waals surface area contributed by atoms with Gasteiger partial charge in [0.1, 0.15) is 24.1 Å². The molecule has 3 aromatic rings. The number of aromatic nitrogens is 2. The van der Waals surface area contributed by atoms with Crippen LogP contribution in [0, 0.1) is 0 Å². The maximum atomic E-state index is 12.8. The first-order valence-corrected chi connectivity index (χ1v) is 13.2. The molecule has 11 nitrogen and oxygen atoms in total. The average molecular weight is 515 g/mol. The third-order valence-corrected chi connectivity index (χ3v) is 7.16. The SMILES string of the molecule is CS(=O)(=O)N[C@H]1c2ccccc2-c2ccccc2[C@@H]1Nc1ccn([C@@H]2O[C@H](CO)[C@@H](O)[C@H]2O)c(=O)n1. The van der Waals surface area contributed by atoms with Crippen LogP contribution in [0.3, 0.4) is 0 Å². The lowest BCUT2D eigenvalue weighted by molar-refractivity contribution is -0.0549. The van der Waals surface area contributed by atoms with Gasteiger partial charge in [0.05, 0.1) is 24.9 Å². The van der Waals surface area contributed by atoms with Gasteiger partial charge < -0.3 is 25.4 Å². The molecule has 5 N–H and O–H groups in total. The smallest absolute Gasteiger partial charge is 0.351 e. The van der Waals surface area contributed by atoms with E-state index in [9.17, 15) is 28.5 Å². The van der Waals surface area contributed by atoms with Gasteiger partial charge in [-0.3, -0.25) is 4.57 Å². The number of benzene rings is 2. The highest BCUT2D eigenvalue weighted by Gasteiger charge is 2.44. The zero-order valence-corrected chi connectivity index (χ0v) is 20.0. The second-order valence-corrected chi connectivity index (χ2v) is 10.7. The normalized spacial score (nSPS) is 27.3. The minimum Gasteiger partial charge on any atom is -0.394 e. The fourth-order valence-electron chi connectivity index (χ4n) is 4.87. The molecular weight excluding hydrogens is 488 g/mol. The summed E-state index contributed by atoms with van der Waals surface area (Å²) < 4.78 is 33.8. The highest BCUT2D eigenvalue weighted by Crippen LogP contribution is 2.45. The first-order valence-electron chi connectivity index (χ1n) is 11.3. The molecule has 1 aromatic heterocycles. The Labute approximate surface area is 207 Å². The summed E-state index contributed by atoms with van der Waals surface area (Å²) in [5.74, 6) is 0.183. The Bertz CT molecular complexity index is 1440. The summed E-state index contributed by atoms with van der Waals surface area (Å²) in [6, 6.07) is 15.3. The highest BCUT2D eigenvalue weighted by molar-refractivity contribution is 7.88. The lowest BCUT2D eigenvalue weighted by Crippen LogP contribution is -2.38. The van der Waals surface area contributed by atoms with Gasteiger partial charge in [-0.05, 0) is 28.3 Å². The van der Waals surface area contributed by atoms with E-state index in [1.807, 2.05) is 48.5 Å². The molecule has 0 amide bonds. The summed E-state index contributed by atoms with van der Waals surface area (Å²) in [6.45, 7) is -0.520. The Morgan fingerprint density at radius 1 is 0.972 bits per heavy atom. The Kier molecular flexibility index (Phi) is 6.41. The molecule has 0 spiro atoms. The molecule has 1 fully saturated rings. The molecule has 1 aliphatic heterocycles. The van der Waals surface area contributed by atoms with E-state index in [2.05, 4.69) is 15.0 Å². The summed E-state index contributed by atoms with van der Waals surface area (Å²) in [5.41, 5.74) is 2.68. The minimum atomic E-state index is -3.60. The van der Waals surface area contributed by atoms with E-state index < -0.39 is 58.9 Å². The van der Waals surface area contributed by atoms with E-state index >= 15 is 0 Å². The Morgan fingerprint density at radius 3 is 2.14 bits per heavy atom. The van der Waals surface area contributed by atoms with Gasteiger partial charge >= 0.3 is 5.69 Å². The molecule has 2 aromatic carbocycles. The Morgan fingerprint density at radius 2 is 1.58 bits per heavy atom. The molecule has 190 valence electrons. The lowest BCUT2D eigenvalue weighted by Gasteiger charge is -2.36. The quantitative estimate of drug-likeness (QED) is 0.311. The standard InChI is InChI=1S/C24H26N4O7S/c1-36(33,34)27-20-16-9-5-3-7-14(16)13-6-2-4-8-15(13)19(20)25-18-10-11-28(24(32)26-18)23-22(31)21(30)17(12-29)35-23/h2-11,17,19-23,27,29-31H,12H2,1H3,(H,25,26,32)/t17-,19+,20+,21-,22-,23-/m1/s1. The van der Waals surface area contributed by atoms with E-state index in [1.165, 1.54) is 12.3 Å². The number of hydrogen-bond donors (Lipinski definition) is 5. The summed E-state index contributed by atoms with van der Waals surface area (Å²) >= 11 is 0. The first-order chi connectivity index (χ1) is 17.2. The van der Waals surface area contributed by atoms with Crippen molar-refractivity contribution in [2.75, 3.05) is 18.2 Å². The highest BCUT2D eigenvalue weighted by atomic mass is 32.2. The van der Waals surface area contributed by atoms with E-state index in [0.29, 0.717) is 0 Å². The van der Waals surface area contributed by atoms with Crippen molar-refractivity contribution < 1.29 is 28.5 Å². The van der Waals surface area contributed by atoms with Crippen LogP contribution in [0.25, 0.3) is 11.1 Å². The van der Waals surface area contributed by atoms with Crippen LogP contribution in [0.5, 0.6) is 0 Å². The van der Waals surface area contributed by atoms with Crippen LogP contribution in [0.4, 0.5) is 5.82 Å². The van der Waals surface area contributed by atoms with Crippen LogP contribution in [-0.2, 0) is 14.8 Å². The summed E-state index contributed by atoms with van der Waals surface area (Å²) in [4.78, 5) is 16.9. The van der Waals surface area contributed by atoms with Crippen LogP contribution in [-0.4, -0.2) is 64.5 Å². The number of fused-ring (bicyclic) bond motifs is 3. The molecule has 0 bridgehead atoms. The molecule has 2 heterocycles. The summed E-state index contributed by atoms with van der Waals surface area (Å²) in [7, 11) is -3.60. The predicted molar refractivity (Wildman–Crippen MR) is 130 cm³/mol. The summed E-state index contributed by atoms with van der Waals surface area (Å²) in [6.07, 6.45) is -2.57. The van der Waals surface area contributed by atoms with E-state index in [1.54, 1.807) is 0 Å². The van der Waals surface area contributed by atoms with Gasteiger partial charge in [-0.1, -0.05) is 48.5 Å². The van der Waals surface area contributed by atoms with E-state index in [0.717, 1.165) is 33.1 Å². The van der Waals surface area contributed by atoms with Gasteiger partial charge in [0.25, 0.3) is 0 Å². The van der Waals surface area contributed by atoms with Crippen molar-refractivity contribution in [3.63, 3.8) is 0 Å². The Hall–Kier alpha value is -3.13. The number of anilines is 1. The van der Waals surface area contributed by atoms with Gasteiger partial charge in [-0.15, -0.1) is 0 Å². The van der Waals surface area contributed by atoms with Gasteiger partial charge in [0.15, 0.2) is 6.23 Å². The maximum Gasteiger partial charge on any atom is 0.351 e. The zero-order chi connectivity index (χ0) is 25.6. The lowest BCUT2D eigenvalue weighted by atomic mass is 9.79. The number of rotatable bonds is 6. The molecule has 2 aliphatic rings. The minimum absolute atomic E-state index is 0.183. The Balaban J connectivity index is 1.52. The topological polar surface area (TPSA) is 163 Å². The van der Waals surface area contributed by atoms with Crippen molar-refractivity contribution in [2.24, 2.45) is 0 Å². The molecule has 0 unspecified atom stereocenters. The zero-order valence-electron chi connectivity index (χ0n) is 19.2. The molecule has 1 aliphatic carbocycles. The number of aliphatic hydroxyl groups is 3. The number of aliphatic hydroxyl groups excluding tert-OH is 3. The molecule has 0 radical (unpaired) electrons. The number of nitrogens with one attached hydrogen (secondary N) is 2. The molecule has 0 saturated carbocycles. The number of nitrogens with zero attached hydrogens (tertiary/aromatic N) is 2. The van der Waals surface area contributed by atoms with Crippen molar-refractivity contribution >= 4 is 15.8 Å². The van der Waals surface area contributed by atoms with Crippen LogP contribution in [0.15, 0.2) is 65.6 Å². The van der Waals surface area contributed by atoms with Gasteiger partial charge in [-0.25, -0.2) is 17.9 Å². The molecular formula is C24H26N4O7S. The summed E-state index contributed by atoms with van der Waals surface area (Å²) in [5, 5.41) is 32.8. The van der Waals surface area contributed by atoms with E-state index in [-0.39, 0.29) is 5.82 Å². The molecule has 12 heteroatoms. The van der Waals surface area contributed by atoms with Crippen LogP contribution in [0.2, 0.25) is 0 Å².